The van der Waals surface area contributed by atoms with Crippen molar-refractivity contribution in [2.75, 3.05) is 0 Å². The Morgan fingerprint density at radius 2 is 1.87 bits per heavy atom. The molecule has 7 atom stereocenters. The van der Waals surface area contributed by atoms with E-state index in [4.69, 9.17) is 0 Å². The Morgan fingerprint density at radius 1 is 1.07 bits per heavy atom. The summed E-state index contributed by atoms with van der Waals surface area (Å²) >= 11 is 0. The Hall–Kier alpha value is -0.520. The van der Waals surface area contributed by atoms with Crippen LogP contribution >= 0.6 is 0 Å². The maximum Gasteiger partial charge on any atom is -0.00644 e. The molecule has 0 N–H and O–H groups in total. The summed E-state index contributed by atoms with van der Waals surface area (Å²) < 4.78 is 0. The van der Waals surface area contributed by atoms with Gasteiger partial charge in [-0.2, -0.15) is 0 Å². The Labute approximate surface area is 189 Å². The third-order valence-electron chi connectivity index (χ3n) is 10.5. The second-order valence-electron chi connectivity index (χ2n) is 11.4. The van der Waals surface area contributed by atoms with E-state index in [2.05, 4.69) is 53.3 Å². The second kappa shape index (κ2) is 10.4. The Balaban J connectivity index is 1.92. The quantitative estimate of drug-likeness (QED) is 0.330. The molecule has 0 amide bonds. The Bertz CT molecular complexity index is 585. The van der Waals surface area contributed by atoms with Gasteiger partial charge in [0, 0.05) is 0 Å². The fraction of sp³-hybridized carbons (Fsp3) is 0.867. The smallest absolute Gasteiger partial charge is 0.00644 e. The number of rotatable bonds is 9. The zero-order valence-electron chi connectivity index (χ0n) is 21.1. The maximum absolute atomic E-state index is 4.44. The molecular weight excluding hydrogens is 360 g/mol. The summed E-state index contributed by atoms with van der Waals surface area (Å²) in [4.78, 5) is 0. The van der Waals surface area contributed by atoms with Crippen LogP contribution in [0.15, 0.2) is 24.3 Å². The molecule has 3 aliphatic carbocycles. The summed E-state index contributed by atoms with van der Waals surface area (Å²) in [5.41, 5.74) is 2.86. The summed E-state index contributed by atoms with van der Waals surface area (Å²) in [7, 11) is 0. The first-order chi connectivity index (χ1) is 14.5. The van der Waals surface area contributed by atoms with Crippen LogP contribution in [0, 0.1) is 40.4 Å². The molecule has 0 aromatic rings. The van der Waals surface area contributed by atoms with Crippen molar-refractivity contribution < 1.29 is 0 Å². The molecule has 0 saturated heterocycles. The number of hydrogen-bond acceptors (Lipinski definition) is 0. The molecule has 0 radical (unpaired) electrons. The van der Waals surface area contributed by atoms with Gasteiger partial charge in [0.1, 0.15) is 0 Å². The van der Waals surface area contributed by atoms with E-state index >= 15 is 0 Å². The van der Waals surface area contributed by atoms with Crippen molar-refractivity contribution in [3.8, 4) is 0 Å². The van der Waals surface area contributed by atoms with Gasteiger partial charge in [0.25, 0.3) is 0 Å². The highest BCUT2D eigenvalue weighted by Crippen LogP contribution is 2.67. The van der Waals surface area contributed by atoms with Crippen LogP contribution in [0.3, 0.4) is 0 Å². The lowest BCUT2D eigenvalue weighted by molar-refractivity contribution is -0.124. The number of unbranched alkanes of at least 4 members (excludes halogenated alkanes) is 2. The van der Waals surface area contributed by atoms with Crippen molar-refractivity contribution in [2.24, 2.45) is 40.4 Å². The van der Waals surface area contributed by atoms with Crippen LogP contribution in [0.5, 0.6) is 0 Å². The highest BCUT2D eigenvalue weighted by Gasteiger charge is 2.58. The number of fused-ring (bicyclic) bond motifs is 3. The van der Waals surface area contributed by atoms with E-state index < -0.39 is 0 Å². The van der Waals surface area contributed by atoms with Gasteiger partial charge in [-0.25, -0.2) is 0 Å². The zero-order valence-corrected chi connectivity index (χ0v) is 21.1. The molecule has 3 aliphatic rings. The lowest BCUT2D eigenvalue weighted by Gasteiger charge is -2.63. The first-order valence-corrected chi connectivity index (χ1v) is 13.8. The molecule has 3 saturated carbocycles. The summed E-state index contributed by atoms with van der Waals surface area (Å²) in [6.45, 7) is 16.6. The fourth-order valence-corrected chi connectivity index (χ4v) is 8.77. The first kappa shape index (κ1) is 24.1. The topological polar surface area (TPSA) is 0 Å². The molecule has 7 unspecified atom stereocenters. The molecule has 0 aliphatic heterocycles. The fourth-order valence-electron chi connectivity index (χ4n) is 8.77. The predicted octanol–water partition coefficient (Wildman–Crippen LogP) is 9.75. The molecule has 172 valence electrons. The molecule has 0 spiro atoms. The highest BCUT2D eigenvalue weighted by molar-refractivity contribution is 5.17. The van der Waals surface area contributed by atoms with Crippen LogP contribution in [0.25, 0.3) is 0 Å². The zero-order chi connectivity index (χ0) is 21.8. The summed E-state index contributed by atoms with van der Waals surface area (Å²) in [6, 6.07) is 0. The van der Waals surface area contributed by atoms with E-state index in [1.54, 1.807) is 0 Å². The highest BCUT2D eigenvalue weighted by atomic mass is 14.6. The Morgan fingerprint density at radius 3 is 2.50 bits per heavy atom. The molecule has 30 heavy (non-hydrogen) atoms. The van der Waals surface area contributed by atoms with Gasteiger partial charge in [-0.3, -0.25) is 0 Å². The van der Waals surface area contributed by atoms with Crippen molar-refractivity contribution in [3.05, 3.63) is 24.3 Å². The minimum absolute atomic E-state index is 0.393. The van der Waals surface area contributed by atoms with Crippen LogP contribution in [0.2, 0.25) is 0 Å². The van der Waals surface area contributed by atoms with Gasteiger partial charge in [-0.15, -0.1) is 6.58 Å². The molecule has 0 aromatic heterocycles. The van der Waals surface area contributed by atoms with Crippen LogP contribution in [0.1, 0.15) is 125 Å². The van der Waals surface area contributed by atoms with Gasteiger partial charge < -0.3 is 0 Å². The minimum Gasteiger partial charge on any atom is -0.103 e. The largest absolute Gasteiger partial charge is 0.103 e. The average molecular weight is 413 g/mol. The lowest BCUT2D eigenvalue weighted by atomic mass is 9.41. The van der Waals surface area contributed by atoms with Crippen molar-refractivity contribution in [3.63, 3.8) is 0 Å². The predicted molar refractivity (Wildman–Crippen MR) is 134 cm³/mol. The van der Waals surface area contributed by atoms with Crippen LogP contribution in [-0.2, 0) is 0 Å². The van der Waals surface area contributed by atoms with E-state index in [9.17, 15) is 0 Å². The van der Waals surface area contributed by atoms with E-state index in [1.807, 2.05) is 5.57 Å². The van der Waals surface area contributed by atoms with E-state index in [0.29, 0.717) is 10.8 Å². The van der Waals surface area contributed by atoms with Crippen molar-refractivity contribution >= 4 is 0 Å². The van der Waals surface area contributed by atoms with Gasteiger partial charge in [0.2, 0.25) is 0 Å². The van der Waals surface area contributed by atoms with E-state index in [-0.39, 0.29) is 0 Å². The standard InChI is InChI=1S/C30H52/c1-7-12-14-24-17-20-30(19-13-8-2)25(22-24)15-16-26-27(10-4)29(11-5,23(6)9-3)21-18-28(26)30/h11,14,23,25-28H,5,7-10,12-13,15-22H2,1-4,6H3. The van der Waals surface area contributed by atoms with E-state index in [0.717, 1.165) is 29.6 Å². The molecule has 0 aromatic carbocycles. The van der Waals surface area contributed by atoms with Gasteiger partial charge in [-0.05, 0) is 98.2 Å². The van der Waals surface area contributed by atoms with Crippen LogP contribution < -0.4 is 0 Å². The van der Waals surface area contributed by atoms with E-state index in [1.165, 1.54) is 89.9 Å². The number of allylic oxidation sites excluding steroid dienone is 3. The first-order valence-electron chi connectivity index (χ1n) is 13.8. The normalized spacial score (nSPS) is 41.2. The summed E-state index contributed by atoms with van der Waals surface area (Å²) in [5.74, 6) is 4.54. The lowest BCUT2D eigenvalue weighted by Crippen LogP contribution is -2.55. The average Bonchev–Trinajstić information content (AvgIpc) is 2.79. The van der Waals surface area contributed by atoms with Gasteiger partial charge in [-0.1, -0.05) is 84.4 Å². The number of hydrogen-bond donors (Lipinski definition) is 0. The van der Waals surface area contributed by atoms with Gasteiger partial charge >= 0.3 is 0 Å². The van der Waals surface area contributed by atoms with Gasteiger partial charge in [0.15, 0.2) is 0 Å². The molecule has 0 bridgehead atoms. The Kier molecular flexibility index (Phi) is 8.36. The third-order valence-corrected chi connectivity index (χ3v) is 10.5. The van der Waals surface area contributed by atoms with Crippen molar-refractivity contribution in [2.45, 2.75) is 125 Å². The molecule has 0 heterocycles. The van der Waals surface area contributed by atoms with Crippen molar-refractivity contribution in [1.29, 1.82) is 0 Å². The second-order valence-corrected chi connectivity index (χ2v) is 11.4. The molecule has 3 rings (SSSR count). The van der Waals surface area contributed by atoms with Crippen LogP contribution in [-0.4, -0.2) is 0 Å². The molecular formula is C30H52. The monoisotopic (exact) mass is 412 g/mol. The van der Waals surface area contributed by atoms with Gasteiger partial charge in [0.05, 0.1) is 0 Å². The SMILES string of the molecule is C=CC1(C(C)CC)CCC2C(CCC3CC(=CCCC)CCC32CCCC)C1CC. The summed E-state index contributed by atoms with van der Waals surface area (Å²) in [6.07, 6.45) is 24.8. The minimum atomic E-state index is 0.393. The molecule has 0 nitrogen and oxygen atoms in total. The summed E-state index contributed by atoms with van der Waals surface area (Å²) in [5, 5.41) is 0. The molecule has 3 fully saturated rings. The third kappa shape index (κ3) is 4.11. The van der Waals surface area contributed by atoms with Crippen molar-refractivity contribution in [1.82, 2.24) is 0 Å². The van der Waals surface area contributed by atoms with Crippen LogP contribution in [0.4, 0.5) is 0 Å². The molecule has 0 heteroatoms. The maximum atomic E-state index is 4.44.